The number of nitrogens with zero attached hydrogens (tertiary/aromatic N) is 5. The van der Waals surface area contributed by atoms with E-state index in [1.165, 1.54) is 0 Å². The molecule has 3 N–H and O–H groups in total. The summed E-state index contributed by atoms with van der Waals surface area (Å²) in [6.45, 7) is 8.84. The van der Waals surface area contributed by atoms with E-state index in [2.05, 4.69) is 44.6 Å². The van der Waals surface area contributed by atoms with Gasteiger partial charge in [-0.2, -0.15) is 0 Å². The molecule has 3 amide bonds. The standard InChI is InChI=1S/C30H34N8O3/c1-2-36-14-11-25-27(36)34-26(35-28(25)37-17-19-41-20-18-37)21-3-7-23(8-4-21)32-30(40)33-24-9-5-22(6-10-24)29(39)38-15-12-31-13-16-38/h3-11,14,31H,2,12-13,15-20H2,1H3,(H2,32,33,40). The Morgan fingerprint density at radius 1 is 0.878 bits per heavy atom. The summed E-state index contributed by atoms with van der Waals surface area (Å²) in [6, 6.07) is 16.2. The Kier molecular flexibility index (Phi) is 7.79. The SMILES string of the molecule is CCn1ccc2c(N3CCOCC3)nc(-c3ccc(NC(=O)Nc4ccc(C(=O)N5CCNCC5)cc4)cc3)nc21. The summed E-state index contributed by atoms with van der Waals surface area (Å²) >= 11 is 0. The fourth-order valence-corrected chi connectivity index (χ4v) is 5.19. The van der Waals surface area contributed by atoms with Crippen molar-refractivity contribution in [2.75, 3.05) is 68.0 Å². The van der Waals surface area contributed by atoms with Gasteiger partial charge >= 0.3 is 6.03 Å². The van der Waals surface area contributed by atoms with E-state index in [1.807, 2.05) is 29.2 Å². The van der Waals surface area contributed by atoms with Crippen LogP contribution in [0.25, 0.3) is 22.4 Å². The van der Waals surface area contributed by atoms with Crippen molar-refractivity contribution in [3.63, 3.8) is 0 Å². The average Bonchev–Trinajstić information content (AvgIpc) is 3.45. The molecule has 2 fully saturated rings. The van der Waals surface area contributed by atoms with Gasteiger partial charge < -0.3 is 35.1 Å². The number of aromatic nitrogens is 3. The molecule has 41 heavy (non-hydrogen) atoms. The molecule has 2 aromatic heterocycles. The van der Waals surface area contributed by atoms with Gasteiger partial charge in [-0.15, -0.1) is 0 Å². The van der Waals surface area contributed by atoms with Crippen molar-refractivity contribution in [2.24, 2.45) is 0 Å². The third-order valence-electron chi connectivity index (χ3n) is 7.44. The van der Waals surface area contributed by atoms with Gasteiger partial charge in [-0.3, -0.25) is 4.79 Å². The van der Waals surface area contributed by atoms with E-state index in [4.69, 9.17) is 14.7 Å². The number of aryl methyl sites for hydroxylation is 1. The predicted molar refractivity (Wildman–Crippen MR) is 160 cm³/mol. The molecule has 0 atom stereocenters. The largest absolute Gasteiger partial charge is 0.378 e. The second-order valence-corrected chi connectivity index (χ2v) is 10.1. The molecule has 11 heteroatoms. The van der Waals surface area contributed by atoms with E-state index in [1.54, 1.807) is 24.3 Å². The van der Waals surface area contributed by atoms with Crippen LogP contribution in [-0.2, 0) is 11.3 Å². The first-order valence-electron chi connectivity index (χ1n) is 14.1. The van der Waals surface area contributed by atoms with Crippen LogP contribution in [0, 0.1) is 0 Å². The molecule has 0 spiro atoms. The average molecular weight is 555 g/mol. The van der Waals surface area contributed by atoms with Crippen LogP contribution in [0.3, 0.4) is 0 Å². The Labute approximate surface area is 238 Å². The van der Waals surface area contributed by atoms with Crippen LogP contribution >= 0.6 is 0 Å². The van der Waals surface area contributed by atoms with Crippen LogP contribution in [0.5, 0.6) is 0 Å². The molecular weight excluding hydrogens is 520 g/mol. The Morgan fingerprint density at radius 2 is 1.54 bits per heavy atom. The summed E-state index contributed by atoms with van der Waals surface area (Å²) in [6.07, 6.45) is 2.05. The van der Waals surface area contributed by atoms with Crippen LogP contribution in [-0.4, -0.2) is 83.9 Å². The van der Waals surface area contributed by atoms with Crippen molar-refractivity contribution < 1.29 is 14.3 Å². The monoisotopic (exact) mass is 554 g/mol. The number of fused-ring (bicyclic) bond motifs is 1. The van der Waals surface area contributed by atoms with Gasteiger partial charge in [-0.05, 0) is 61.5 Å². The third-order valence-corrected chi connectivity index (χ3v) is 7.44. The van der Waals surface area contributed by atoms with Gasteiger partial charge in [0.1, 0.15) is 11.5 Å². The summed E-state index contributed by atoms with van der Waals surface area (Å²) < 4.78 is 7.67. The number of morpholine rings is 1. The minimum Gasteiger partial charge on any atom is -0.378 e. The molecule has 2 saturated heterocycles. The number of rotatable bonds is 6. The zero-order valence-electron chi connectivity index (χ0n) is 23.1. The van der Waals surface area contributed by atoms with Gasteiger partial charge in [0, 0.05) is 74.5 Å². The molecule has 0 unspecified atom stereocenters. The lowest BCUT2D eigenvalue weighted by molar-refractivity contribution is 0.0736. The van der Waals surface area contributed by atoms with Crippen LogP contribution in [0.2, 0.25) is 0 Å². The Morgan fingerprint density at radius 3 is 2.20 bits per heavy atom. The Hall–Kier alpha value is -4.48. The van der Waals surface area contributed by atoms with Crippen molar-refractivity contribution >= 4 is 40.2 Å². The summed E-state index contributed by atoms with van der Waals surface area (Å²) in [7, 11) is 0. The van der Waals surface area contributed by atoms with E-state index >= 15 is 0 Å². The van der Waals surface area contributed by atoms with Gasteiger partial charge in [-0.25, -0.2) is 14.8 Å². The minimum atomic E-state index is -0.369. The molecule has 4 aromatic rings. The number of urea groups is 1. The molecule has 0 aliphatic carbocycles. The fraction of sp³-hybridized carbons (Fsp3) is 0.333. The second kappa shape index (κ2) is 11.9. The van der Waals surface area contributed by atoms with E-state index in [-0.39, 0.29) is 11.9 Å². The maximum Gasteiger partial charge on any atom is 0.323 e. The number of nitrogens with one attached hydrogen (secondary N) is 3. The lowest BCUT2D eigenvalue weighted by Crippen LogP contribution is -2.46. The molecule has 2 aliphatic rings. The summed E-state index contributed by atoms with van der Waals surface area (Å²) in [5, 5.41) is 9.98. The third kappa shape index (κ3) is 5.86. The molecule has 2 aromatic carbocycles. The first-order chi connectivity index (χ1) is 20.1. The number of ether oxygens (including phenoxy) is 1. The molecule has 6 rings (SSSR count). The van der Waals surface area contributed by atoms with Crippen molar-refractivity contribution in [1.82, 2.24) is 24.8 Å². The normalized spacial score (nSPS) is 15.6. The van der Waals surface area contributed by atoms with Crippen molar-refractivity contribution in [3.05, 3.63) is 66.4 Å². The quantitative estimate of drug-likeness (QED) is 0.333. The number of carbonyl (C=O) groups excluding carboxylic acids is 2. The van der Waals surface area contributed by atoms with E-state index in [0.29, 0.717) is 49.1 Å². The first kappa shape index (κ1) is 26.7. The van der Waals surface area contributed by atoms with Crippen LogP contribution in [0.4, 0.5) is 22.0 Å². The van der Waals surface area contributed by atoms with Gasteiger partial charge in [0.15, 0.2) is 5.82 Å². The fourth-order valence-electron chi connectivity index (χ4n) is 5.19. The smallest absolute Gasteiger partial charge is 0.323 e. The Bertz CT molecular complexity index is 1520. The number of amides is 3. The highest BCUT2D eigenvalue weighted by molar-refractivity contribution is 6.00. The zero-order chi connectivity index (χ0) is 28.2. The van der Waals surface area contributed by atoms with Gasteiger partial charge in [0.05, 0.1) is 18.6 Å². The number of carbonyl (C=O) groups is 2. The van der Waals surface area contributed by atoms with E-state index < -0.39 is 0 Å². The van der Waals surface area contributed by atoms with E-state index in [0.717, 1.165) is 55.1 Å². The molecular formula is C30H34N8O3. The van der Waals surface area contributed by atoms with Gasteiger partial charge in [0.2, 0.25) is 0 Å². The molecule has 0 radical (unpaired) electrons. The van der Waals surface area contributed by atoms with Gasteiger partial charge in [0.25, 0.3) is 5.91 Å². The van der Waals surface area contributed by atoms with Crippen LogP contribution in [0.1, 0.15) is 17.3 Å². The highest BCUT2D eigenvalue weighted by Gasteiger charge is 2.20. The summed E-state index contributed by atoms with van der Waals surface area (Å²) in [4.78, 5) is 39.3. The zero-order valence-corrected chi connectivity index (χ0v) is 23.1. The second-order valence-electron chi connectivity index (χ2n) is 10.1. The summed E-state index contributed by atoms with van der Waals surface area (Å²) in [5.74, 6) is 1.56. The molecule has 212 valence electrons. The number of piperazine rings is 1. The molecule has 0 bridgehead atoms. The first-order valence-corrected chi connectivity index (χ1v) is 14.1. The maximum atomic E-state index is 12.7. The predicted octanol–water partition coefficient (Wildman–Crippen LogP) is 3.64. The van der Waals surface area contributed by atoms with Crippen molar-refractivity contribution in [2.45, 2.75) is 13.5 Å². The highest BCUT2D eigenvalue weighted by atomic mass is 16.5. The van der Waals surface area contributed by atoms with Gasteiger partial charge in [-0.1, -0.05) is 0 Å². The highest BCUT2D eigenvalue weighted by Crippen LogP contribution is 2.29. The Balaban J connectivity index is 1.13. The van der Waals surface area contributed by atoms with Crippen LogP contribution in [0.15, 0.2) is 60.8 Å². The van der Waals surface area contributed by atoms with Crippen molar-refractivity contribution in [3.8, 4) is 11.4 Å². The van der Waals surface area contributed by atoms with Crippen LogP contribution < -0.4 is 20.9 Å². The number of benzene rings is 2. The lowest BCUT2D eigenvalue weighted by Gasteiger charge is -2.28. The maximum absolute atomic E-state index is 12.7. The molecule has 0 saturated carbocycles. The molecule has 2 aliphatic heterocycles. The molecule has 11 nitrogen and oxygen atoms in total. The number of hydrogen-bond acceptors (Lipinski definition) is 7. The number of anilines is 3. The van der Waals surface area contributed by atoms with Crippen molar-refractivity contribution in [1.29, 1.82) is 0 Å². The minimum absolute atomic E-state index is 0.00525. The lowest BCUT2D eigenvalue weighted by atomic mass is 10.1. The van der Waals surface area contributed by atoms with E-state index in [9.17, 15) is 9.59 Å². The molecule has 4 heterocycles. The topological polar surface area (TPSA) is 117 Å². The number of hydrogen-bond donors (Lipinski definition) is 3. The summed E-state index contributed by atoms with van der Waals surface area (Å²) in [5.41, 5.74) is 3.62.